The first kappa shape index (κ1) is 18.7. The lowest BCUT2D eigenvalue weighted by atomic mass is 10.2. The van der Waals surface area contributed by atoms with Crippen molar-refractivity contribution in [3.63, 3.8) is 0 Å². The fraction of sp³-hybridized carbons (Fsp3) is 0.100. The molecule has 0 amide bonds. The SMILES string of the molecule is COc1ccc(Cn2nc(Cl)c3cc(Oc4ccc([N+](=O)[O-])cc4)cnc32)cc1. The molecule has 0 atom stereocenters. The third-order valence-electron chi connectivity index (χ3n) is 4.29. The number of hydrogen-bond donors (Lipinski definition) is 0. The molecule has 29 heavy (non-hydrogen) atoms. The monoisotopic (exact) mass is 410 g/mol. The lowest BCUT2D eigenvalue weighted by Gasteiger charge is -2.07. The predicted molar refractivity (Wildman–Crippen MR) is 108 cm³/mol. The van der Waals surface area contributed by atoms with Crippen LogP contribution in [0.3, 0.4) is 0 Å². The maximum absolute atomic E-state index is 10.7. The zero-order valence-electron chi connectivity index (χ0n) is 15.3. The summed E-state index contributed by atoms with van der Waals surface area (Å²) in [5.41, 5.74) is 1.65. The van der Waals surface area contributed by atoms with Crippen molar-refractivity contribution in [2.24, 2.45) is 0 Å². The molecule has 2 aromatic carbocycles. The van der Waals surface area contributed by atoms with Crippen LogP contribution in [-0.2, 0) is 6.54 Å². The van der Waals surface area contributed by atoms with Gasteiger partial charge in [0, 0.05) is 12.1 Å². The number of pyridine rings is 1. The van der Waals surface area contributed by atoms with Crippen LogP contribution in [0.25, 0.3) is 11.0 Å². The Kier molecular flexibility index (Phi) is 5.01. The normalized spacial score (nSPS) is 10.8. The minimum Gasteiger partial charge on any atom is -0.497 e. The zero-order valence-corrected chi connectivity index (χ0v) is 16.0. The molecule has 0 aliphatic rings. The van der Waals surface area contributed by atoms with E-state index in [-0.39, 0.29) is 5.69 Å². The van der Waals surface area contributed by atoms with E-state index >= 15 is 0 Å². The lowest BCUT2D eigenvalue weighted by Crippen LogP contribution is -2.02. The van der Waals surface area contributed by atoms with Gasteiger partial charge in [-0.1, -0.05) is 23.7 Å². The number of aromatic nitrogens is 3. The van der Waals surface area contributed by atoms with Gasteiger partial charge >= 0.3 is 0 Å². The van der Waals surface area contributed by atoms with Crippen molar-refractivity contribution in [2.45, 2.75) is 6.54 Å². The molecule has 0 radical (unpaired) electrons. The summed E-state index contributed by atoms with van der Waals surface area (Å²) in [7, 11) is 1.62. The molecule has 9 heteroatoms. The Labute approximate surface area is 170 Å². The summed E-state index contributed by atoms with van der Waals surface area (Å²) in [6.07, 6.45) is 1.56. The second kappa shape index (κ2) is 7.76. The number of nitrogens with zero attached hydrogens (tertiary/aromatic N) is 4. The van der Waals surface area contributed by atoms with Gasteiger partial charge in [0.25, 0.3) is 5.69 Å². The van der Waals surface area contributed by atoms with Gasteiger partial charge < -0.3 is 9.47 Å². The van der Waals surface area contributed by atoms with Gasteiger partial charge in [-0.25, -0.2) is 9.67 Å². The first-order chi connectivity index (χ1) is 14.0. The molecule has 8 nitrogen and oxygen atoms in total. The average Bonchev–Trinajstić information content (AvgIpc) is 3.04. The predicted octanol–water partition coefficient (Wildman–Crippen LogP) is 4.84. The van der Waals surface area contributed by atoms with Crippen LogP contribution in [-0.4, -0.2) is 26.8 Å². The van der Waals surface area contributed by atoms with Crippen LogP contribution in [0.15, 0.2) is 60.8 Å². The number of nitro groups is 1. The smallest absolute Gasteiger partial charge is 0.269 e. The second-order valence-electron chi connectivity index (χ2n) is 6.19. The van der Waals surface area contributed by atoms with E-state index in [1.54, 1.807) is 24.1 Å². The lowest BCUT2D eigenvalue weighted by molar-refractivity contribution is -0.384. The summed E-state index contributed by atoms with van der Waals surface area (Å²) in [5.74, 6) is 1.69. The molecule has 146 valence electrons. The fourth-order valence-corrected chi connectivity index (χ4v) is 3.08. The minimum atomic E-state index is -0.464. The van der Waals surface area contributed by atoms with Crippen molar-refractivity contribution in [1.29, 1.82) is 0 Å². The molecular weight excluding hydrogens is 396 g/mol. The van der Waals surface area contributed by atoms with Gasteiger partial charge in [-0.2, -0.15) is 5.10 Å². The molecule has 4 rings (SSSR count). The quantitative estimate of drug-likeness (QED) is 0.333. The maximum Gasteiger partial charge on any atom is 0.269 e. The molecule has 2 heterocycles. The molecule has 4 aromatic rings. The van der Waals surface area contributed by atoms with Gasteiger partial charge in [0.2, 0.25) is 0 Å². The number of methoxy groups -OCH3 is 1. The van der Waals surface area contributed by atoms with E-state index in [1.165, 1.54) is 24.3 Å². The van der Waals surface area contributed by atoms with E-state index < -0.39 is 4.92 Å². The maximum atomic E-state index is 10.7. The molecule has 0 N–H and O–H groups in total. The van der Waals surface area contributed by atoms with E-state index in [0.29, 0.717) is 34.2 Å². The number of benzene rings is 2. The highest BCUT2D eigenvalue weighted by atomic mass is 35.5. The number of nitro benzene ring substituents is 1. The van der Waals surface area contributed by atoms with Crippen LogP contribution in [0.5, 0.6) is 17.2 Å². The molecule has 0 fully saturated rings. The Hall–Kier alpha value is -3.65. The van der Waals surface area contributed by atoms with Crippen LogP contribution in [0.1, 0.15) is 5.56 Å². The summed E-state index contributed by atoms with van der Waals surface area (Å²) in [6.45, 7) is 0.503. The number of non-ortho nitro benzene ring substituents is 1. The second-order valence-corrected chi connectivity index (χ2v) is 6.55. The van der Waals surface area contributed by atoms with Crippen molar-refractivity contribution in [1.82, 2.24) is 14.8 Å². The number of rotatable bonds is 6. The molecule has 0 spiro atoms. The van der Waals surface area contributed by atoms with E-state index in [0.717, 1.165) is 11.3 Å². The molecule has 0 unspecified atom stereocenters. The summed E-state index contributed by atoms with van der Waals surface area (Å²) in [4.78, 5) is 14.7. The molecular formula is C20H15ClN4O4. The van der Waals surface area contributed by atoms with Gasteiger partial charge in [-0.15, -0.1) is 0 Å². The zero-order chi connectivity index (χ0) is 20.4. The molecule has 0 saturated heterocycles. The number of halogens is 1. The number of fused-ring (bicyclic) bond motifs is 1. The van der Waals surface area contributed by atoms with Crippen molar-refractivity contribution in [2.75, 3.05) is 7.11 Å². The Morgan fingerprint density at radius 1 is 1.07 bits per heavy atom. The van der Waals surface area contributed by atoms with E-state index in [9.17, 15) is 10.1 Å². The summed E-state index contributed by atoms with van der Waals surface area (Å²) in [5, 5.41) is 16.1. The molecule has 2 aromatic heterocycles. The van der Waals surface area contributed by atoms with Gasteiger partial charge in [0.05, 0.1) is 30.2 Å². The number of ether oxygens (including phenoxy) is 2. The van der Waals surface area contributed by atoms with Gasteiger partial charge in [0.15, 0.2) is 10.8 Å². The summed E-state index contributed by atoms with van der Waals surface area (Å²) < 4.78 is 12.6. The van der Waals surface area contributed by atoms with Crippen LogP contribution in [0, 0.1) is 10.1 Å². The highest BCUT2D eigenvalue weighted by Gasteiger charge is 2.13. The topological polar surface area (TPSA) is 92.3 Å². The van der Waals surface area contributed by atoms with Gasteiger partial charge in [-0.3, -0.25) is 10.1 Å². The largest absolute Gasteiger partial charge is 0.497 e. The molecule has 0 aliphatic heterocycles. The van der Waals surface area contributed by atoms with Gasteiger partial charge in [0.1, 0.15) is 17.2 Å². The van der Waals surface area contributed by atoms with E-state index in [4.69, 9.17) is 21.1 Å². The summed E-state index contributed by atoms with van der Waals surface area (Å²) in [6, 6.07) is 15.2. The number of hydrogen-bond acceptors (Lipinski definition) is 6. The molecule has 0 aliphatic carbocycles. The Balaban J connectivity index is 1.58. The van der Waals surface area contributed by atoms with Crippen molar-refractivity contribution >= 4 is 28.3 Å². The highest BCUT2D eigenvalue weighted by Crippen LogP contribution is 2.29. The average molecular weight is 411 g/mol. The van der Waals surface area contributed by atoms with Gasteiger partial charge in [-0.05, 0) is 35.9 Å². The van der Waals surface area contributed by atoms with Crippen molar-refractivity contribution in [3.8, 4) is 17.2 Å². The first-order valence-electron chi connectivity index (χ1n) is 8.61. The summed E-state index contributed by atoms with van der Waals surface area (Å²) >= 11 is 6.30. The first-order valence-corrected chi connectivity index (χ1v) is 8.98. The third-order valence-corrected chi connectivity index (χ3v) is 4.57. The van der Waals surface area contributed by atoms with E-state index in [1.807, 2.05) is 24.3 Å². The Morgan fingerprint density at radius 3 is 2.41 bits per heavy atom. The van der Waals surface area contributed by atoms with E-state index in [2.05, 4.69) is 10.1 Å². The van der Waals surface area contributed by atoms with Crippen LogP contribution < -0.4 is 9.47 Å². The Bertz CT molecular complexity index is 1170. The standard InChI is InChI=1S/C20H15ClN4O4/c1-28-15-6-2-13(3-7-15)12-24-20-18(19(21)23-24)10-17(11-22-20)29-16-8-4-14(5-9-16)25(26)27/h2-11H,12H2,1H3. The molecule has 0 saturated carbocycles. The molecule has 0 bridgehead atoms. The van der Waals surface area contributed by atoms with Crippen LogP contribution in [0.2, 0.25) is 5.15 Å². The minimum absolute atomic E-state index is 0.00576. The Morgan fingerprint density at radius 2 is 1.76 bits per heavy atom. The third kappa shape index (κ3) is 3.97. The van der Waals surface area contributed by atoms with Crippen molar-refractivity contribution < 1.29 is 14.4 Å². The highest BCUT2D eigenvalue weighted by molar-refractivity contribution is 6.34. The van der Waals surface area contributed by atoms with Crippen LogP contribution in [0.4, 0.5) is 5.69 Å². The van der Waals surface area contributed by atoms with Crippen molar-refractivity contribution in [3.05, 3.63) is 81.6 Å². The van der Waals surface area contributed by atoms with Crippen LogP contribution >= 0.6 is 11.6 Å². The fourth-order valence-electron chi connectivity index (χ4n) is 2.84.